The molecule has 2 aliphatic carbocycles. The number of imidazole rings is 2. The first-order valence-electron chi connectivity index (χ1n) is 21.4. The van der Waals surface area contributed by atoms with Gasteiger partial charge < -0.3 is 39.9 Å². The fraction of sp³-hybridized carbons (Fsp3) is 0.478. The molecule has 316 valence electrons. The van der Waals surface area contributed by atoms with Gasteiger partial charge >= 0.3 is 12.2 Å². The van der Waals surface area contributed by atoms with Gasteiger partial charge in [0, 0.05) is 35.6 Å². The van der Waals surface area contributed by atoms with E-state index in [-0.39, 0.29) is 29.8 Å². The van der Waals surface area contributed by atoms with Crippen LogP contribution in [0.5, 0.6) is 0 Å². The summed E-state index contributed by atoms with van der Waals surface area (Å²) < 4.78 is 9.59. The molecule has 2 aromatic carbocycles. The first-order valence-corrected chi connectivity index (χ1v) is 21.4. The number of alkyl carbamates (subject to hydrolysis) is 2. The SMILES string of the molecule is C=C(C)[C@H](NC(=O)OC)C(=O)N1CCC[C@H]1c1nc2c([nH]1)CCCc1cc(-c3ccc4c(c3)CCCc3[nH]c([C@@H]5CCCN5C(=O)[C@@H](NC(=O)OC)C(C)C)nc3-4)ccc1-2. The largest absolute Gasteiger partial charge is 0.453 e. The van der Waals surface area contributed by atoms with E-state index in [0.717, 1.165) is 121 Å². The van der Waals surface area contributed by atoms with Gasteiger partial charge in [-0.2, -0.15) is 0 Å². The van der Waals surface area contributed by atoms with Gasteiger partial charge in [-0.05, 0) is 105 Å². The highest BCUT2D eigenvalue weighted by Gasteiger charge is 2.39. The van der Waals surface area contributed by atoms with Gasteiger partial charge in [-0.3, -0.25) is 9.59 Å². The summed E-state index contributed by atoms with van der Waals surface area (Å²) in [6, 6.07) is 11.4. The van der Waals surface area contributed by atoms with Crippen LogP contribution < -0.4 is 10.6 Å². The van der Waals surface area contributed by atoms with Gasteiger partial charge in [0.1, 0.15) is 23.7 Å². The summed E-state index contributed by atoms with van der Waals surface area (Å²) in [5.74, 6) is 1.14. The maximum Gasteiger partial charge on any atom is 0.407 e. The number of ether oxygens (including phenoxy) is 2. The predicted octanol–water partition coefficient (Wildman–Crippen LogP) is 7.12. The lowest BCUT2D eigenvalue weighted by molar-refractivity contribution is -0.135. The molecule has 8 rings (SSSR count). The molecule has 14 heteroatoms. The smallest absolute Gasteiger partial charge is 0.407 e. The van der Waals surface area contributed by atoms with Crippen molar-refractivity contribution in [1.82, 2.24) is 40.4 Å². The Labute approximate surface area is 350 Å². The van der Waals surface area contributed by atoms with Crippen LogP contribution in [0.4, 0.5) is 9.59 Å². The number of fused-ring (bicyclic) bond motifs is 6. The number of rotatable bonds is 9. The molecule has 2 fully saturated rings. The minimum Gasteiger partial charge on any atom is -0.453 e. The summed E-state index contributed by atoms with van der Waals surface area (Å²) >= 11 is 0. The number of carbonyl (C=O) groups excluding carboxylic acids is 4. The topological polar surface area (TPSA) is 175 Å². The van der Waals surface area contributed by atoms with Crippen LogP contribution in [0.2, 0.25) is 0 Å². The Balaban J connectivity index is 1.03. The Bertz CT molecular complexity index is 2330. The van der Waals surface area contributed by atoms with Crippen molar-refractivity contribution in [3.63, 3.8) is 0 Å². The van der Waals surface area contributed by atoms with Crippen LogP contribution in [-0.4, -0.2) is 93.1 Å². The maximum atomic E-state index is 13.8. The molecule has 4 amide bonds. The molecule has 4 heterocycles. The molecule has 2 aliphatic heterocycles. The van der Waals surface area contributed by atoms with Gasteiger partial charge in [0.05, 0.1) is 37.7 Å². The monoisotopic (exact) mass is 816 g/mol. The highest BCUT2D eigenvalue weighted by molar-refractivity contribution is 5.89. The average Bonchev–Trinajstić information content (AvgIpc) is 4.06. The molecule has 2 saturated heterocycles. The van der Waals surface area contributed by atoms with Crippen molar-refractivity contribution >= 4 is 24.0 Å². The van der Waals surface area contributed by atoms with E-state index < -0.39 is 24.3 Å². The molecule has 4 N–H and O–H groups in total. The number of aromatic amines is 2. The second kappa shape index (κ2) is 17.0. The zero-order chi connectivity index (χ0) is 42.2. The number of likely N-dealkylation sites (tertiary alicyclic amines) is 2. The van der Waals surface area contributed by atoms with E-state index in [2.05, 4.69) is 63.6 Å². The predicted molar refractivity (Wildman–Crippen MR) is 227 cm³/mol. The summed E-state index contributed by atoms with van der Waals surface area (Å²) in [7, 11) is 2.58. The maximum absolute atomic E-state index is 13.8. The third kappa shape index (κ3) is 7.79. The molecule has 0 saturated carbocycles. The molecule has 4 aliphatic rings. The number of hydrogen-bond acceptors (Lipinski definition) is 8. The number of H-pyrrole nitrogens is 2. The second-order valence-electron chi connectivity index (χ2n) is 17.0. The fourth-order valence-corrected chi connectivity index (χ4v) is 9.56. The van der Waals surface area contributed by atoms with E-state index in [1.54, 1.807) is 6.92 Å². The van der Waals surface area contributed by atoms with Crippen molar-refractivity contribution in [2.75, 3.05) is 27.3 Å². The normalized spacial score (nSPS) is 19.2. The zero-order valence-corrected chi connectivity index (χ0v) is 35.3. The van der Waals surface area contributed by atoms with Crippen LogP contribution in [0.25, 0.3) is 33.6 Å². The van der Waals surface area contributed by atoms with Crippen LogP contribution >= 0.6 is 0 Å². The van der Waals surface area contributed by atoms with Crippen LogP contribution in [0, 0.1) is 5.92 Å². The minimum absolute atomic E-state index is 0.102. The summed E-state index contributed by atoms with van der Waals surface area (Å²) in [5.41, 5.74) is 11.7. The van der Waals surface area contributed by atoms with Crippen molar-refractivity contribution in [3.05, 3.63) is 82.7 Å². The Kier molecular flexibility index (Phi) is 11.6. The number of hydrogen-bond donors (Lipinski definition) is 4. The number of carbonyl (C=O) groups is 4. The highest BCUT2D eigenvalue weighted by atomic mass is 16.5. The molecular weight excluding hydrogens is 761 g/mol. The van der Waals surface area contributed by atoms with Gasteiger partial charge in [-0.15, -0.1) is 0 Å². The van der Waals surface area contributed by atoms with Crippen LogP contribution in [0.3, 0.4) is 0 Å². The molecule has 14 nitrogen and oxygen atoms in total. The van der Waals surface area contributed by atoms with Crippen molar-refractivity contribution in [2.45, 2.75) is 109 Å². The highest BCUT2D eigenvalue weighted by Crippen LogP contribution is 2.41. The molecule has 4 aromatic rings. The number of aryl methyl sites for hydroxylation is 4. The van der Waals surface area contributed by atoms with E-state index in [0.29, 0.717) is 18.7 Å². The van der Waals surface area contributed by atoms with E-state index in [1.807, 2.05) is 23.6 Å². The van der Waals surface area contributed by atoms with E-state index in [4.69, 9.17) is 19.4 Å². The van der Waals surface area contributed by atoms with Gasteiger partial charge in [-0.25, -0.2) is 19.6 Å². The third-order valence-corrected chi connectivity index (χ3v) is 12.7. The lowest BCUT2D eigenvalue weighted by Gasteiger charge is -2.30. The van der Waals surface area contributed by atoms with Gasteiger partial charge in [0.2, 0.25) is 11.8 Å². The van der Waals surface area contributed by atoms with E-state index in [9.17, 15) is 19.2 Å². The molecule has 0 bridgehead atoms. The molecule has 0 spiro atoms. The van der Waals surface area contributed by atoms with Crippen molar-refractivity contribution in [3.8, 4) is 33.6 Å². The number of nitrogens with zero attached hydrogens (tertiary/aromatic N) is 4. The number of methoxy groups -OCH3 is 2. The van der Waals surface area contributed by atoms with E-state index >= 15 is 0 Å². The summed E-state index contributed by atoms with van der Waals surface area (Å²) in [6.07, 6.45) is 7.52. The standard InChI is InChI=1S/C46H56N8O6/c1-25(2)37(51-45(57)59-5)43(55)53-21-9-15-35(53)41-47-33-13-7-11-29-23-27(17-19-31(29)39(33)49-41)28-18-20-32-30(24-28)12-8-14-34-40(32)50-42(48-34)36-16-10-22-54(36)44(56)38(26(3)4)52-46(58)60-6/h17-20,23-24,26,35-38H,1,7-16,21-22H2,2-6H3,(H,47,49)(H,48,50)(H,51,57)(H,52,58)/t35-,36-,37-,38-/m0/s1. The van der Waals surface area contributed by atoms with Crippen molar-refractivity contribution in [2.24, 2.45) is 5.92 Å². The van der Waals surface area contributed by atoms with Crippen molar-refractivity contribution < 1.29 is 28.7 Å². The average molecular weight is 817 g/mol. The van der Waals surface area contributed by atoms with Crippen LogP contribution in [0.1, 0.15) is 106 Å². The first kappa shape index (κ1) is 40.8. The lowest BCUT2D eigenvalue weighted by Crippen LogP contribution is -2.51. The van der Waals surface area contributed by atoms with Gasteiger partial charge in [0.15, 0.2) is 0 Å². The third-order valence-electron chi connectivity index (χ3n) is 12.7. The Morgan fingerprint density at radius 1 is 0.717 bits per heavy atom. The quantitative estimate of drug-likeness (QED) is 0.129. The Morgan fingerprint density at radius 2 is 1.20 bits per heavy atom. The summed E-state index contributed by atoms with van der Waals surface area (Å²) in [5, 5.41) is 5.39. The molecule has 4 atom stereocenters. The van der Waals surface area contributed by atoms with Gasteiger partial charge in [-0.1, -0.05) is 56.8 Å². The Hall–Kier alpha value is -5.92. The molecule has 0 radical (unpaired) electrons. The minimum atomic E-state index is -0.876. The zero-order valence-electron chi connectivity index (χ0n) is 35.3. The van der Waals surface area contributed by atoms with Crippen molar-refractivity contribution in [1.29, 1.82) is 0 Å². The number of nitrogens with one attached hydrogen (secondary N) is 4. The molecule has 0 unspecified atom stereocenters. The fourth-order valence-electron chi connectivity index (χ4n) is 9.56. The summed E-state index contributed by atoms with van der Waals surface area (Å²) in [6.45, 7) is 10.7. The number of benzene rings is 2. The molecular formula is C46H56N8O6. The first-order chi connectivity index (χ1) is 28.9. The summed E-state index contributed by atoms with van der Waals surface area (Å²) in [4.78, 5) is 73.0. The lowest BCUT2D eigenvalue weighted by atomic mass is 9.93. The number of amides is 4. The van der Waals surface area contributed by atoms with Gasteiger partial charge in [0.25, 0.3) is 0 Å². The van der Waals surface area contributed by atoms with Crippen LogP contribution in [0.15, 0.2) is 48.6 Å². The molecule has 60 heavy (non-hydrogen) atoms. The van der Waals surface area contributed by atoms with E-state index in [1.165, 1.54) is 25.3 Å². The Morgan fingerprint density at radius 3 is 1.67 bits per heavy atom. The molecule has 2 aromatic heterocycles. The second-order valence-corrected chi connectivity index (χ2v) is 17.0. The number of aromatic nitrogens is 4. The van der Waals surface area contributed by atoms with Crippen LogP contribution in [-0.2, 0) is 44.7 Å².